The van der Waals surface area contributed by atoms with Crippen molar-refractivity contribution in [2.24, 2.45) is 0 Å². The molecule has 1 N–H and O–H groups in total. The number of rotatable bonds is 10. The topological polar surface area (TPSA) is 91.0 Å². The van der Waals surface area contributed by atoms with Crippen LogP contribution >= 0.6 is 0 Å². The maximum atomic E-state index is 13.3. The smallest absolute Gasteiger partial charge is 0.417 e. The summed E-state index contributed by atoms with van der Waals surface area (Å²) in [6.45, 7) is 3.70. The van der Waals surface area contributed by atoms with Crippen LogP contribution in [-0.2, 0) is 31.8 Å². The fourth-order valence-electron chi connectivity index (χ4n) is 3.81. The molecular formula is C23H28F3NO6. The van der Waals surface area contributed by atoms with Gasteiger partial charge in [0.2, 0.25) is 5.89 Å². The van der Waals surface area contributed by atoms with E-state index in [-0.39, 0.29) is 43.5 Å². The zero-order valence-electron chi connectivity index (χ0n) is 18.6. The Morgan fingerprint density at radius 1 is 1.24 bits per heavy atom. The van der Waals surface area contributed by atoms with Gasteiger partial charge in [-0.3, -0.25) is 0 Å². The van der Waals surface area contributed by atoms with E-state index in [0.29, 0.717) is 17.9 Å². The molecular weight excluding hydrogens is 443 g/mol. The van der Waals surface area contributed by atoms with E-state index in [0.717, 1.165) is 25.3 Å². The molecule has 1 fully saturated rings. The highest BCUT2D eigenvalue weighted by molar-refractivity contribution is 5.72. The maximum absolute atomic E-state index is 13.3. The van der Waals surface area contributed by atoms with Gasteiger partial charge in [-0.25, -0.2) is 9.78 Å². The number of carbonyl (C=O) groups is 1. The van der Waals surface area contributed by atoms with E-state index < -0.39 is 23.8 Å². The van der Waals surface area contributed by atoms with E-state index in [1.807, 2.05) is 0 Å². The summed E-state index contributed by atoms with van der Waals surface area (Å²) in [5.74, 6) is -0.768. The summed E-state index contributed by atoms with van der Waals surface area (Å²) in [6.07, 6.45) is -2.79. The Kier molecular flexibility index (Phi) is 8.50. The van der Waals surface area contributed by atoms with Gasteiger partial charge in [-0.2, -0.15) is 13.2 Å². The van der Waals surface area contributed by atoms with Crippen LogP contribution in [0.15, 0.2) is 28.7 Å². The largest absolute Gasteiger partial charge is 0.479 e. The highest BCUT2D eigenvalue weighted by atomic mass is 19.4. The molecule has 10 heteroatoms. The minimum atomic E-state index is -4.52. The first-order chi connectivity index (χ1) is 15.7. The van der Waals surface area contributed by atoms with Crippen molar-refractivity contribution >= 4 is 5.97 Å². The Balaban J connectivity index is 1.59. The average molecular weight is 471 g/mol. The standard InChI is InChI=1S/C23H28F3NO6/c1-3-30-20(22(28)29)13-32-16-8-6-7-15(11-16)31-12-19-14(2)33-21(27-19)17-9-4-5-10-18(17)23(24,25)26/h4-5,9-10,15-16,20H,3,6-8,11-13H2,1-2H3,(H,28,29)/t15-,16?,20?/m0/s1. The van der Waals surface area contributed by atoms with Gasteiger partial charge < -0.3 is 23.7 Å². The lowest BCUT2D eigenvalue weighted by atomic mass is 9.95. The van der Waals surface area contributed by atoms with Gasteiger partial charge in [0.25, 0.3) is 0 Å². The fraction of sp³-hybridized carbons (Fsp3) is 0.565. The first-order valence-electron chi connectivity index (χ1n) is 10.9. The average Bonchev–Trinajstić information content (AvgIpc) is 3.15. The van der Waals surface area contributed by atoms with Crippen LogP contribution in [0.25, 0.3) is 11.5 Å². The van der Waals surface area contributed by atoms with E-state index >= 15 is 0 Å². The summed E-state index contributed by atoms with van der Waals surface area (Å²) in [4.78, 5) is 15.4. The number of hydrogen-bond acceptors (Lipinski definition) is 6. The van der Waals surface area contributed by atoms with Crippen LogP contribution in [0.4, 0.5) is 13.2 Å². The SMILES string of the molecule is CCOC(COC1CCC[C@H](OCc2nc(-c3ccccc3C(F)(F)F)oc2C)C1)C(=O)O. The first-order valence-corrected chi connectivity index (χ1v) is 10.9. The number of alkyl halides is 3. The van der Waals surface area contributed by atoms with Crippen molar-refractivity contribution in [3.63, 3.8) is 0 Å². The fourth-order valence-corrected chi connectivity index (χ4v) is 3.81. The number of halogens is 3. The summed E-state index contributed by atoms with van der Waals surface area (Å²) in [5.41, 5.74) is -0.488. The molecule has 0 spiro atoms. The van der Waals surface area contributed by atoms with Gasteiger partial charge in [-0.05, 0) is 51.7 Å². The van der Waals surface area contributed by atoms with Crippen molar-refractivity contribution in [3.05, 3.63) is 41.3 Å². The quantitative estimate of drug-likeness (QED) is 0.521. The molecule has 2 aromatic rings. The van der Waals surface area contributed by atoms with Crippen LogP contribution in [0, 0.1) is 6.92 Å². The zero-order valence-corrected chi connectivity index (χ0v) is 18.6. The molecule has 182 valence electrons. The van der Waals surface area contributed by atoms with Gasteiger partial charge in [0.1, 0.15) is 11.5 Å². The molecule has 33 heavy (non-hydrogen) atoms. The van der Waals surface area contributed by atoms with Crippen molar-refractivity contribution < 1.29 is 41.7 Å². The third kappa shape index (κ3) is 6.78. The molecule has 1 heterocycles. The van der Waals surface area contributed by atoms with Gasteiger partial charge in [-0.15, -0.1) is 0 Å². The first kappa shape index (κ1) is 25.2. The lowest BCUT2D eigenvalue weighted by Gasteiger charge is -2.29. The molecule has 0 bridgehead atoms. The van der Waals surface area contributed by atoms with Crippen molar-refractivity contribution in [1.29, 1.82) is 0 Å². The summed E-state index contributed by atoms with van der Waals surface area (Å²) in [7, 11) is 0. The van der Waals surface area contributed by atoms with E-state index in [2.05, 4.69) is 4.98 Å². The van der Waals surface area contributed by atoms with E-state index in [4.69, 9.17) is 23.7 Å². The molecule has 0 radical (unpaired) electrons. The molecule has 1 aliphatic carbocycles. The number of ether oxygens (including phenoxy) is 3. The summed E-state index contributed by atoms with van der Waals surface area (Å²) >= 11 is 0. The molecule has 0 saturated heterocycles. The monoisotopic (exact) mass is 471 g/mol. The summed E-state index contributed by atoms with van der Waals surface area (Å²) in [6, 6.07) is 5.14. The second-order valence-corrected chi connectivity index (χ2v) is 7.90. The van der Waals surface area contributed by atoms with E-state index in [9.17, 15) is 18.0 Å². The number of aromatic nitrogens is 1. The minimum Gasteiger partial charge on any atom is -0.479 e. The van der Waals surface area contributed by atoms with E-state index in [1.54, 1.807) is 13.8 Å². The predicted molar refractivity (Wildman–Crippen MR) is 112 cm³/mol. The maximum Gasteiger partial charge on any atom is 0.417 e. The van der Waals surface area contributed by atoms with Crippen molar-refractivity contribution in [1.82, 2.24) is 4.98 Å². The third-order valence-electron chi connectivity index (χ3n) is 5.52. The predicted octanol–water partition coefficient (Wildman–Crippen LogP) is 5.00. The van der Waals surface area contributed by atoms with Gasteiger partial charge in [-0.1, -0.05) is 12.1 Å². The summed E-state index contributed by atoms with van der Waals surface area (Å²) < 4.78 is 62.4. The normalized spacial score (nSPS) is 20.0. The highest BCUT2D eigenvalue weighted by Gasteiger charge is 2.35. The molecule has 0 amide bonds. The molecule has 1 aromatic carbocycles. The van der Waals surface area contributed by atoms with Crippen LogP contribution in [0.5, 0.6) is 0 Å². The number of nitrogens with zero attached hydrogens (tertiary/aromatic N) is 1. The number of carboxylic acids is 1. The van der Waals surface area contributed by atoms with Crippen molar-refractivity contribution in [2.75, 3.05) is 13.2 Å². The van der Waals surface area contributed by atoms with Crippen molar-refractivity contribution in [2.45, 2.75) is 70.6 Å². The molecule has 7 nitrogen and oxygen atoms in total. The number of aryl methyl sites for hydroxylation is 1. The second-order valence-electron chi connectivity index (χ2n) is 7.90. The number of hydrogen-bond donors (Lipinski definition) is 1. The van der Waals surface area contributed by atoms with Crippen molar-refractivity contribution in [3.8, 4) is 11.5 Å². The number of carboxylic acid groups (broad SMARTS) is 1. The van der Waals surface area contributed by atoms with Gasteiger partial charge >= 0.3 is 12.1 Å². The van der Waals surface area contributed by atoms with Crippen LogP contribution in [0.1, 0.15) is 49.6 Å². The molecule has 2 unspecified atom stereocenters. The number of oxazole rings is 1. The summed E-state index contributed by atoms with van der Waals surface area (Å²) in [5, 5.41) is 9.16. The molecule has 1 aliphatic rings. The Bertz CT molecular complexity index is 929. The van der Waals surface area contributed by atoms with E-state index in [1.165, 1.54) is 18.2 Å². The molecule has 3 rings (SSSR count). The Morgan fingerprint density at radius 3 is 2.61 bits per heavy atom. The Morgan fingerprint density at radius 2 is 1.94 bits per heavy atom. The van der Waals surface area contributed by atoms with Gasteiger partial charge in [0.15, 0.2) is 6.10 Å². The molecule has 1 aromatic heterocycles. The molecule has 1 saturated carbocycles. The van der Waals surface area contributed by atoms with Crippen LogP contribution < -0.4 is 0 Å². The minimum absolute atomic E-state index is 0.0368. The lowest BCUT2D eigenvalue weighted by Crippen LogP contribution is -2.34. The molecule has 3 atom stereocenters. The van der Waals surface area contributed by atoms with Gasteiger partial charge in [0, 0.05) is 12.2 Å². The third-order valence-corrected chi connectivity index (χ3v) is 5.52. The highest BCUT2D eigenvalue weighted by Crippen LogP contribution is 2.37. The lowest BCUT2D eigenvalue weighted by molar-refractivity contribution is -0.157. The zero-order chi connectivity index (χ0) is 24.0. The number of aliphatic carboxylic acids is 1. The van der Waals surface area contributed by atoms with Crippen LogP contribution in [-0.4, -0.2) is 47.6 Å². The van der Waals surface area contributed by atoms with Gasteiger partial charge in [0.05, 0.1) is 31.0 Å². The molecule has 0 aliphatic heterocycles. The van der Waals surface area contributed by atoms with Crippen LogP contribution in [0.3, 0.4) is 0 Å². The number of benzene rings is 1. The second kappa shape index (κ2) is 11.1. The Labute approximate surface area is 189 Å². The van der Waals surface area contributed by atoms with Crippen LogP contribution in [0.2, 0.25) is 0 Å². The Hall–Kier alpha value is -2.43.